The van der Waals surface area contributed by atoms with Crippen LogP contribution in [0.3, 0.4) is 0 Å². The maximum atomic E-state index is 13.4. The molecule has 0 aromatic heterocycles. The molecule has 28 heavy (non-hydrogen) atoms. The average molecular weight is 376 g/mol. The molecule has 6 nitrogen and oxygen atoms in total. The van der Waals surface area contributed by atoms with Gasteiger partial charge in [-0.1, -0.05) is 24.3 Å². The van der Waals surface area contributed by atoms with E-state index >= 15 is 0 Å². The minimum Gasteiger partial charge on any atom is -0.508 e. The molecule has 1 atom stereocenters. The molecule has 1 unspecified atom stereocenters. The highest BCUT2D eigenvalue weighted by Gasteiger charge is 2.35. The van der Waals surface area contributed by atoms with E-state index < -0.39 is 6.17 Å². The maximum Gasteiger partial charge on any atom is 0.262 e. The van der Waals surface area contributed by atoms with Crippen LogP contribution >= 0.6 is 0 Å². The summed E-state index contributed by atoms with van der Waals surface area (Å²) in [6, 6.07) is 19.5. The van der Waals surface area contributed by atoms with Crippen LogP contribution in [0, 0.1) is 0 Å². The van der Waals surface area contributed by atoms with Crippen molar-refractivity contribution in [2.24, 2.45) is 0 Å². The number of ether oxygens (including phenoxy) is 2. The Labute approximate surface area is 162 Å². The minimum atomic E-state index is -0.517. The second-order valence-corrected chi connectivity index (χ2v) is 6.40. The summed E-state index contributed by atoms with van der Waals surface area (Å²) in [6.45, 7) is 0. The summed E-state index contributed by atoms with van der Waals surface area (Å²) < 4.78 is 10.8. The molecule has 0 bridgehead atoms. The molecule has 4 rings (SSSR count). The number of methoxy groups -OCH3 is 2. The highest BCUT2D eigenvalue weighted by Crippen LogP contribution is 2.42. The van der Waals surface area contributed by atoms with E-state index in [2.05, 4.69) is 5.32 Å². The van der Waals surface area contributed by atoms with Gasteiger partial charge in [0.25, 0.3) is 5.91 Å². The van der Waals surface area contributed by atoms with Crippen molar-refractivity contribution < 1.29 is 19.4 Å². The van der Waals surface area contributed by atoms with Gasteiger partial charge in [0, 0.05) is 11.8 Å². The van der Waals surface area contributed by atoms with Crippen LogP contribution in [0.25, 0.3) is 0 Å². The lowest BCUT2D eigenvalue weighted by Gasteiger charge is -2.38. The van der Waals surface area contributed by atoms with E-state index in [1.165, 1.54) is 0 Å². The molecule has 1 amide bonds. The third-order valence-corrected chi connectivity index (χ3v) is 4.76. The van der Waals surface area contributed by atoms with Crippen LogP contribution in [-0.4, -0.2) is 25.2 Å². The van der Waals surface area contributed by atoms with Crippen LogP contribution in [0.2, 0.25) is 0 Å². The number of fused-ring (bicyclic) bond motifs is 1. The summed E-state index contributed by atoms with van der Waals surface area (Å²) in [4.78, 5) is 15.1. The lowest BCUT2D eigenvalue weighted by atomic mass is 10.0. The number of hydrogen-bond donors (Lipinski definition) is 2. The van der Waals surface area contributed by atoms with Crippen molar-refractivity contribution in [1.29, 1.82) is 0 Å². The highest BCUT2D eigenvalue weighted by molar-refractivity contribution is 6.12. The van der Waals surface area contributed by atoms with Gasteiger partial charge in [0.2, 0.25) is 0 Å². The van der Waals surface area contributed by atoms with Gasteiger partial charge in [-0.3, -0.25) is 9.69 Å². The van der Waals surface area contributed by atoms with E-state index in [1.54, 1.807) is 61.6 Å². The Kier molecular flexibility index (Phi) is 4.53. The van der Waals surface area contributed by atoms with E-state index in [-0.39, 0.29) is 11.7 Å². The standard InChI is InChI=1S/C22H20N2O4/c1-27-16-10-11-19(20(13-16)28-2)24-21(14-6-5-7-15(25)12-14)23-18-9-4-3-8-17(18)22(24)26/h3-13,21,23,25H,1-2H3. The maximum absolute atomic E-state index is 13.4. The topological polar surface area (TPSA) is 71.0 Å². The fourth-order valence-corrected chi connectivity index (χ4v) is 3.41. The molecule has 1 aliphatic rings. The number of aromatic hydroxyl groups is 1. The molecule has 0 saturated heterocycles. The molecular formula is C22H20N2O4. The summed E-state index contributed by atoms with van der Waals surface area (Å²) in [7, 11) is 3.13. The molecule has 0 radical (unpaired) electrons. The summed E-state index contributed by atoms with van der Waals surface area (Å²) in [5, 5.41) is 13.4. The Morgan fingerprint density at radius 1 is 0.964 bits per heavy atom. The summed E-state index contributed by atoms with van der Waals surface area (Å²) in [5.74, 6) is 1.12. The van der Waals surface area contributed by atoms with E-state index in [0.717, 1.165) is 11.3 Å². The first kappa shape index (κ1) is 17.7. The van der Waals surface area contributed by atoms with E-state index in [0.29, 0.717) is 22.7 Å². The third-order valence-electron chi connectivity index (χ3n) is 4.76. The van der Waals surface area contributed by atoms with Gasteiger partial charge >= 0.3 is 0 Å². The lowest BCUT2D eigenvalue weighted by Crippen LogP contribution is -2.43. The van der Waals surface area contributed by atoms with Crippen molar-refractivity contribution in [3.63, 3.8) is 0 Å². The second-order valence-electron chi connectivity index (χ2n) is 6.40. The molecule has 0 aliphatic carbocycles. The van der Waals surface area contributed by atoms with Gasteiger partial charge in [-0.2, -0.15) is 0 Å². The highest BCUT2D eigenvalue weighted by atomic mass is 16.5. The smallest absolute Gasteiger partial charge is 0.262 e. The van der Waals surface area contributed by atoms with Gasteiger partial charge in [-0.15, -0.1) is 0 Å². The predicted octanol–water partition coefficient (Wildman–Crippen LogP) is 4.18. The van der Waals surface area contributed by atoms with E-state index in [1.807, 2.05) is 24.3 Å². The quantitative estimate of drug-likeness (QED) is 0.715. The number of rotatable bonds is 4. The number of phenolic OH excluding ortho intramolecular Hbond substituents is 1. The van der Waals surface area contributed by atoms with Gasteiger partial charge in [0.05, 0.1) is 25.5 Å². The monoisotopic (exact) mass is 376 g/mol. The zero-order chi connectivity index (χ0) is 19.7. The van der Waals surface area contributed by atoms with Crippen LogP contribution in [0.5, 0.6) is 17.2 Å². The van der Waals surface area contributed by atoms with Gasteiger partial charge in [0.1, 0.15) is 23.4 Å². The predicted molar refractivity (Wildman–Crippen MR) is 107 cm³/mol. The van der Waals surface area contributed by atoms with Gasteiger partial charge in [-0.05, 0) is 42.0 Å². The van der Waals surface area contributed by atoms with Crippen molar-refractivity contribution >= 4 is 17.3 Å². The van der Waals surface area contributed by atoms with Crippen LogP contribution in [0.15, 0.2) is 66.7 Å². The van der Waals surface area contributed by atoms with Gasteiger partial charge in [0.15, 0.2) is 0 Å². The van der Waals surface area contributed by atoms with Crippen LogP contribution in [0.4, 0.5) is 11.4 Å². The lowest BCUT2D eigenvalue weighted by molar-refractivity contribution is 0.0974. The zero-order valence-electron chi connectivity index (χ0n) is 15.5. The average Bonchev–Trinajstić information content (AvgIpc) is 2.73. The van der Waals surface area contributed by atoms with Crippen molar-refractivity contribution in [2.45, 2.75) is 6.17 Å². The van der Waals surface area contributed by atoms with Crippen molar-refractivity contribution in [2.75, 3.05) is 24.4 Å². The fraction of sp³-hybridized carbons (Fsp3) is 0.136. The molecule has 2 N–H and O–H groups in total. The zero-order valence-corrected chi connectivity index (χ0v) is 15.5. The molecule has 3 aromatic carbocycles. The number of hydrogen-bond acceptors (Lipinski definition) is 5. The number of nitrogens with zero attached hydrogens (tertiary/aromatic N) is 1. The first-order valence-electron chi connectivity index (χ1n) is 8.82. The van der Waals surface area contributed by atoms with Crippen molar-refractivity contribution in [1.82, 2.24) is 0 Å². The first-order chi connectivity index (χ1) is 13.6. The Morgan fingerprint density at radius 2 is 1.79 bits per heavy atom. The van der Waals surface area contributed by atoms with Crippen LogP contribution in [-0.2, 0) is 0 Å². The number of anilines is 2. The molecule has 6 heteroatoms. The van der Waals surface area contributed by atoms with Crippen molar-refractivity contribution in [3.8, 4) is 17.2 Å². The third kappa shape index (κ3) is 2.99. The molecule has 0 spiro atoms. The Morgan fingerprint density at radius 3 is 2.54 bits per heavy atom. The fourth-order valence-electron chi connectivity index (χ4n) is 3.41. The van der Waals surface area contributed by atoms with Gasteiger partial charge in [-0.25, -0.2) is 0 Å². The number of amides is 1. The Bertz CT molecular complexity index is 1030. The molecule has 1 heterocycles. The largest absolute Gasteiger partial charge is 0.508 e. The molecule has 3 aromatic rings. The minimum absolute atomic E-state index is 0.132. The second kappa shape index (κ2) is 7.15. The molecule has 142 valence electrons. The molecule has 0 saturated carbocycles. The Balaban J connectivity index is 1.90. The van der Waals surface area contributed by atoms with E-state index in [4.69, 9.17) is 9.47 Å². The normalized spacial score (nSPS) is 15.6. The molecular weight excluding hydrogens is 356 g/mol. The number of nitrogens with one attached hydrogen (secondary N) is 1. The summed E-state index contributed by atoms with van der Waals surface area (Å²) in [5.41, 5.74) is 2.66. The number of carbonyl (C=O) groups is 1. The van der Waals surface area contributed by atoms with E-state index in [9.17, 15) is 9.90 Å². The number of carbonyl (C=O) groups excluding carboxylic acids is 1. The summed E-state index contributed by atoms with van der Waals surface area (Å²) >= 11 is 0. The SMILES string of the molecule is COc1ccc(N2C(=O)c3ccccc3NC2c2cccc(O)c2)c(OC)c1. The summed E-state index contributed by atoms with van der Waals surface area (Å²) in [6.07, 6.45) is -0.517. The Hall–Kier alpha value is -3.67. The van der Waals surface area contributed by atoms with Crippen molar-refractivity contribution in [3.05, 3.63) is 77.9 Å². The molecule has 1 aliphatic heterocycles. The van der Waals surface area contributed by atoms with Crippen LogP contribution in [0.1, 0.15) is 22.1 Å². The number of benzene rings is 3. The number of phenols is 1. The first-order valence-corrected chi connectivity index (χ1v) is 8.82. The van der Waals surface area contributed by atoms with Gasteiger partial charge < -0.3 is 19.9 Å². The number of para-hydroxylation sites is 1. The molecule has 0 fully saturated rings. The van der Waals surface area contributed by atoms with Crippen LogP contribution < -0.4 is 19.7 Å².